The monoisotopic (exact) mass is 363 g/mol. The van der Waals surface area contributed by atoms with Gasteiger partial charge in [0.25, 0.3) is 0 Å². The van der Waals surface area contributed by atoms with Gasteiger partial charge in [0.05, 0.1) is 25.1 Å². The standard InChI is InChI=1S/C20H26FNO4/c21-20-8-2-1-5-16(20)11-22(13-18-6-3-9-25-18)12-17(23)14-24-15-19-7-4-10-26-19/h1-2,4-5,7-8,10,17-18,23H,3,6,9,11-15H2/t17-,18+/m1/s1. The molecule has 0 spiro atoms. The molecular weight excluding hydrogens is 337 g/mol. The maximum Gasteiger partial charge on any atom is 0.129 e. The quantitative estimate of drug-likeness (QED) is 0.703. The van der Waals surface area contributed by atoms with E-state index < -0.39 is 6.10 Å². The van der Waals surface area contributed by atoms with Crippen LogP contribution in [0.5, 0.6) is 0 Å². The summed E-state index contributed by atoms with van der Waals surface area (Å²) in [6.07, 6.45) is 3.11. The van der Waals surface area contributed by atoms with E-state index in [4.69, 9.17) is 13.9 Å². The molecule has 2 heterocycles. The molecule has 1 fully saturated rings. The molecular formula is C20H26FNO4. The first kappa shape index (κ1) is 19.0. The molecule has 1 N–H and O–H groups in total. The van der Waals surface area contributed by atoms with Crippen molar-refractivity contribution in [3.05, 3.63) is 59.8 Å². The molecule has 0 aliphatic carbocycles. The third kappa shape index (κ3) is 5.92. The van der Waals surface area contributed by atoms with Crippen molar-refractivity contribution in [1.29, 1.82) is 0 Å². The fourth-order valence-electron chi connectivity index (χ4n) is 3.19. The van der Waals surface area contributed by atoms with E-state index in [0.717, 1.165) is 25.2 Å². The molecule has 2 aromatic rings. The highest BCUT2D eigenvalue weighted by molar-refractivity contribution is 5.17. The number of ether oxygens (including phenoxy) is 2. The van der Waals surface area contributed by atoms with Crippen molar-refractivity contribution in [2.45, 2.75) is 38.2 Å². The Labute approximate surface area is 153 Å². The van der Waals surface area contributed by atoms with Gasteiger partial charge in [-0.15, -0.1) is 0 Å². The van der Waals surface area contributed by atoms with Crippen LogP contribution in [-0.2, 0) is 22.6 Å². The molecule has 26 heavy (non-hydrogen) atoms. The predicted molar refractivity (Wildman–Crippen MR) is 95.0 cm³/mol. The summed E-state index contributed by atoms with van der Waals surface area (Å²) in [5.74, 6) is 0.494. The van der Waals surface area contributed by atoms with Crippen LogP contribution in [0, 0.1) is 5.82 Å². The highest BCUT2D eigenvalue weighted by Gasteiger charge is 2.22. The van der Waals surface area contributed by atoms with E-state index in [1.54, 1.807) is 24.5 Å². The molecule has 1 aliphatic rings. The average molecular weight is 363 g/mol. The molecule has 0 saturated carbocycles. The van der Waals surface area contributed by atoms with Gasteiger partial charge in [-0.1, -0.05) is 18.2 Å². The van der Waals surface area contributed by atoms with Crippen LogP contribution in [0.4, 0.5) is 4.39 Å². The zero-order chi connectivity index (χ0) is 18.2. The molecule has 142 valence electrons. The summed E-state index contributed by atoms with van der Waals surface area (Å²) in [5.41, 5.74) is 0.620. The number of furan rings is 1. The summed E-state index contributed by atoms with van der Waals surface area (Å²) in [6, 6.07) is 10.4. The van der Waals surface area contributed by atoms with Crippen molar-refractivity contribution in [2.24, 2.45) is 0 Å². The van der Waals surface area contributed by atoms with Gasteiger partial charge < -0.3 is 19.0 Å². The minimum Gasteiger partial charge on any atom is -0.467 e. The lowest BCUT2D eigenvalue weighted by molar-refractivity contribution is -0.00655. The Kier molecular flexibility index (Phi) is 7.20. The molecule has 6 heteroatoms. The van der Waals surface area contributed by atoms with Crippen molar-refractivity contribution in [2.75, 3.05) is 26.3 Å². The molecule has 1 aromatic heterocycles. The van der Waals surface area contributed by atoms with Gasteiger partial charge in [0, 0.05) is 31.8 Å². The number of rotatable bonds is 10. The third-order valence-corrected chi connectivity index (χ3v) is 4.44. The zero-order valence-electron chi connectivity index (χ0n) is 14.9. The normalized spacial score (nSPS) is 18.5. The van der Waals surface area contributed by atoms with E-state index in [0.29, 0.717) is 31.8 Å². The second-order valence-corrected chi connectivity index (χ2v) is 6.67. The van der Waals surface area contributed by atoms with E-state index in [-0.39, 0.29) is 18.5 Å². The average Bonchev–Trinajstić information content (AvgIpc) is 3.31. The first-order valence-corrected chi connectivity index (χ1v) is 9.06. The second-order valence-electron chi connectivity index (χ2n) is 6.67. The summed E-state index contributed by atoms with van der Waals surface area (Å²) >= 11 is 0. The van der Waals surface area contributed by atoms with Crippen LogP contribution in [0.15, 0.2) is 47.1 Å². The van der Waals surface area contributed by atoms with Crippen molar-refractivity contribution < 1.29 is 23.4 Å². The number of aliphatic hydroxyl groups excluding tert-OH is 1. The molecule has 1 aromatic carbocycles. The molecule has 0 radical (unpaired) electrons. The van der Waals surface area contributed by atoms with Crippen molar-refractivity contribution in [1.82, 2.24) is 4.90 Å². The smallest absolute Gasteiger partial charge is 0.129 e. The molecule has 5 nitrogen and oxygen atoms in total. The van der Waals surface area contributed by atoms with E-state index >= 15 is 0 Å². The number of nitrogens with zero attached hydrogens (tertiary/aromatic N) is 1. The number of aliphatic hydroxyl groups is 1. The Morgan fingerprint density at radius 2 is 2.15 bits per heavy atom. The molecule has 0 unspecified atom stereocenters. The highest BCUT2D eigenvalue weighted by Crippen LogP contribution is 2.17. The fraction of sp³-hybridized carbons (Fsp3) is 0.500. The zero-order valence-corrected chi connectivity index (χ0v) is 14.9. The summed E-state index contributed by atoms with van der Waals surface area (Å²) in [6.45, 7) is 2.79. The minimum atomic E-state index is -0.668. The number of hydrogen-bond donors (Lipinski definition) is 1. The SMILES string of the molecule is O[C@@H](COCc1ccco1)CN(Cc1ccccc1F)C[C@@H]1CCCO1. The van der Waals surface area contributed by atoms with Crippen LogP contribution < -0.4 is 0 Å². The van der Waals surface area contributed by atoms with E-state index in [2.05, 4.69) is 0 Å². The lowest BCUT2D eigenvalue weighted by Gasteiger charge is -2.27. The predicted octanol–water partition coefficient (Wildman–Crippen LogP) is 2.98. The van der Waals surface area contributed by atoms with Gasteiger partial charge in [0.2, 0.25) is 0 Å². The first-order chi connectivity index (χ1) is 12.7. The van der Waals surface area contributed by atoms with Crippen molar-refractivity contribution >= 4 is 0 Å². The minimum absolute atomic E-state index is 0.137. The molecule has 2 atom stereocenters. The second kappa shape index (κ2) is 9.83. The maximum atomic E-state index is 14.0. The highest BCUT2D eigenvalue weighted by atomic mass is 19.1. The van der Waals surface area contributed by atoms with Crippen LogP contribution in [0.3, 0.4) is 0 Å². The van der Waals surface area contributed by atoms with E-state index in [9.17, 15) is 9.50 Å². The van der Waals surface area contributed by atoms with Gasteiger partial charge in [-0.2, -0.15) is 0 Å². The lowest BCUT2D eigenvalue weighted by atomic mass is 10.1. The van der Waals surface area contributed by atoms with Crippen LogP contribution in [0.25, 0.3) is 0 Å². The number of halogens is 1. The molecule has 3 rings (SSSR count). The van der Waals surface area contributed by atoms with Gasteiger partial charge >= 0.3 is 0 Å². The summed E-state index contributed by atoms with van der Waals surface area (Å²) in [7, 11) is 0. The third-order valence-electron chi connectivity index (χ3n) is 4.44. The largest absolute Gasteiger partial charge is 0.467 e. The van der Waals surface area contributed by atoms with Gasteiger partial charge in [-0.3, -0.25) is 4.90 Å². The Hall–Kier alpha value is -1.73. The van der Waals surface area contributed by atoms with E-state index in [1.807, 2.05) is 17.0 Å². The molecule has 0 amide bonds. The Balaban J connectivity index is 1.52. The lowest BCUT2D eigenvalue weighted by Crippen LogP contribution is -2.39. The molecule has 1 saturated heterocycles. The summed E-state index contributed by atoms with van der Waals surface area (Å²) < 4.78 is 30.4. The van der Waals surface area contributed by atoms with Gasteiger partial charge in [-0.25, -0.2) is 4.39 Å². The van der Waals surface area contributed by atoms with Gasteiger partial charge in [-0.05, 0) is 31.0 Å². The van der Waals surface area contributed by atoms with E-state index in [1.165, 1.54) is 6.07 Å². The first-order valence-electron chi connectivity index (χ1n) is 9.06. The van der Waals surface area contributed by atoms with Crippen LogP contribution >= 0.6 is 0 Å². The topological polar surface area (TPSA) is 55.1 Å². The number of hydrogen-bond acceptors (Lipinski definition) is 5. The molecule has 0 bridgehead atoms. The van der Waals surface area contributed by atoms with Crippen LogP contribution in [0.1, 0.15) is 24.2 Å². The molecule has 1 aliphatic heterocycles. The van der Waals surface area contributed by atoms with Crippen molar-refractivity contribution in [3.8, 4) is 0 Å². The van der Waals surface area contributed by atoms with Crippen molar-refractivity contribution in [3.63, 3.8) is 0 Å². The van der Waals surface area contributed by atoms with Crippen LogP contribution in [-0.4, -0.2) is 48.5 Å². The van der Waals surface area contributed by atoms with Gasteiger partial charge in [0.15, 0.2) is 0 Å². The number of benzene rings is 1. The Morgan fingerprint density at radius 3 is 2.88 bits per heavy atom. The Morgan fingerprint density at radius 1 is 1.27 bits per heavy atom. The fourth-order valence-corrected chi connectivity index (χ4v) is 3.19. The Bertz CT molecular complexity index is 643. The maximum absolute atomic E-state index is 14.0. The summed E-state index contributed by atoms with van der Waals surface area (Å²) in [5, 5.41) is 10.3. The van der Waals surface area contributed by atoms with Crippen LogP contribution in [0.2, 0.25) is 0 Å². The van der Waals surface area contributed by atoms with Gasteiger partial charge in [0.1, 0.15) is 18.2 Å². The summed E-state index contributed by atoms with van der Waals surface area (Å²) in [4.78, 5) is 2.04.